The molecule has 3 rings (SSSR count). The molecule has 0 bridgehead atoms. The minimum Gasteiger partial charge on any atom is -0.319 e. The van der Waals surface area contributed by atoms with Gasteiger partial charge in [-0.25, -0.2) is 17.6 Å². The second-order valence-corrected chi connectivity index (χ2v) is 8.07. The molecule has 2 heterocycles. The van der Waals surface area contributed by atoms with Gasteiger partial charge in [0.15, 0.2) is 9.84 Å². The van der Waals surface area contributed by atoms with Gasteiger partial charge in [-0.05, 0) is 24.6 Å². The van der Waals surface area contributed by atoms with E-state index in [0.29, 0.717) is 0 Å². The van der Waals surface area contributed by atoms with Crippen LogP contribution in [0.2, 0.25) is 0 Å². The summed E-state index contributed by atoms with van der Waals surface area (Å²) in [4.78, 5) is 25.5. The summed E-state index contributed by atoms with van der Waals surface area (Å²) in [6, 6.07) is 2.38. The maximum atomic E-state index is 13.6. The van der Waals surface area contributed by atoms with Gasteiger partial charge in [0.1, 0.15) is 11.4 Å². The number of carbonyl (C=O) groups is 2. The Kier molecular flexibility index (Phi) is 3.49. The number of carbonyl (C=O) groups excluding carboxylic acids is 2. The number of fused-ring (bicyclic) bond motifs is 2. The van der Waals surface area contributed by atoms with Crippen molar-refractivity contribution in [3.63, 3.8) is 0 Å². The van der Waals surface area contributed by atoms with E-state index in [2.05, 4.69) is 11.9 Å². The van der Waals surface area contributed by atoms with Crippen LogP contribution in [0.1, 0.15) is 12.0 Å². The Bertz CT molecular complexity index is 854. The van der Waals surface area contributed by atoms with Crippen molar-refractivity contribution < 1.29 is 22.4 Å². The first-order chi connectivity index (χ1) is 10.7. The molecular formula is C14H12ClFN2O4S. The summed E-state index contributed by atoms with van der Waals surface area (Å²) in [6.45, 7) is 3.24. The van der Waals surface area contributed by atoms with Gasteiger partial charge in [0, 0.05) is 10.6 Å². The Hall–Kier alpha value is -1.93. The predicted octanol–water partition coefficient (Wildman–Crippen LogP) is 1.50. The number of amides is 3. The molecule has 0 radical (unpaired) electrons. The number of nitrogens with one attached hydrogen (secondary N) is 1. The standard InChI is InChI=1S/C14H12ClFN2O4S/c1-8(15)7-18-12(19)14(17-13(18)20)4-5-23(21,22)11-3-2-9(16)6-10(11)14/h2-3,6H,1,4-5,7H2,(H,17,20)/t14-/m1/s1. The third kappa shape index (κ3) is 2.33. The Balaban J connectivity index is 2.18. The molecule has 9 heteroatoms. The molecule has 1 saturated heterocycles. The zero-order valence-corrected chi connectivity index (χ0v) is 13.4. The molecule has 1 N–H and O–H groups in total. The number of urea groups is 1. The fourth-order valence-electron chi connectivity index (χ4n) is 2.93. The van der Waals surface area contributed by atoms with Crippen LogP contribution in [0, 0.1) is 5.82 Å². The zero-order valence-electron chi connectivity index (χ0n) is 11.8. The molecule has 3 amide bonds. The van der Waals surface area contributed by atoms with Crippen molar-refractivity contribution in [1.82, 2.24) is 10.2 Å². The number of halogens is 2. The molecule has 1 aromatic carbocycles. The highest BCUT2D eigenvalue weighted by molar-refractivity contribution is 7.91. The summed E-state index contributed by atoms with van der Waals surface area (Å²) in [5.74, 6) is -1.68. The Morgan fingerprint density at radius 1 is 1.43 bits per heavy atom. The van der Waals surface area contributed by atoms with Crippen molar-refractivity contribution in [3.05, 3.63) is 41.2 Å². The summed E-state index contributed by atoms with van der Waals surface area (Å²) < 4.78 is 38.0. The van der Waals surface area contributed by atoms with Crippen LogP contribution in [0.5, 0.6) is 0 Å². The molecule has 0 aliphatic carbocycles. The van der Waals surface area contributed by atoms with Crippen LogP contribution >= 0.6 is 11.6 Å². The fourth-order valence-corrected chi connectivity index (χ4v) is 4.69. The quantitative estimate of drug-likeness (QED) is 0.641. The molecule has 1 fully saturated rings. The Labute approximate surface area is 136 Å². The molecule has 0 aromatic heterocycles. The van der Waals surface area contributed by atoms with E-state index >= 15 is 0 Å². The fraction of sp³-hybridized carbons (Fsp3) is 0.286. The first kappa shape index (κ1) is 15.9. The molecule has 2 aliphatic rings. The van der Waals surface area contributed by atoms with E-state index in [9.17, 15) is 22.4 Å². The van der Waals surface area contributed by atoms with Gasteiger partial charge in [-0.1, -0.05) is 18.2 Å². The topological polar surface area (TPSA) is 83.6 Å². The summed E-state index contributed by atoms with van der Waals surface area (Å²) in [6.07, 6.45) is -0.165. The second kappa shape index (κ2) is 5.04. The normalized spacial score (nSPS) is 25.4. The second-order valence-electron chi connectivity index (χ2n) is 5.45. The molecule has 2 aliphatic heterocycles. The van der Waals surface area contributed by atoms with Gasteiger partial charge in [-0.15, -0.1) is 0 Å². The molecule has 122 valence electrons. The molecule has 23 heavy (non-hydrogen) atoms. The first-order valence-corrected chi connectivity index (χ1v) is 8.70. The van der Waals surface area contributed by atoms with Crippen LogP contribution in [-0.4, -0.2) is 37.6 Å². The van der Waals surface area contributed by atoms with Crippen LogP contribution in [0.4, 0.5) is 9.18 Å². The number of sulfone groups is 1. The monoisotopic (exact) mass is 358 g/mol. The van der Waals surface area contributed by atoms with Crippen LogP contribution in [0.3, 0.4) is 0 Å². The molecule has 1 atom stereocenters. The summed E-state index contributed by atoms with van der Waals surface area (Å²) in [5.41, 5.74) is -1.64. The number of hydrogen-bond acceptors (Lipinski definition) is 4. The smallest absolute Gasteiger partial charge is 0.319 e. The molecule has 1 spiro atoms. The van der Waals surface area contributed by atoms with Gasteiger partial charge in [0.05, 0.1) is 17.2 Å². The third-order valence-corrected chi connectivity index (χ3v) is 5.87. The van der Waals surface area contributed by atoms with E-state index in [1.165, 1.54) is 0 Å². The van der Waals surface area contributed by atoms with Crippen molar-refractivity contribution in [2.45, 2.75) is 16.9 Å². The largest absolute Gasteiger partial charge is 0.325 e. The maximum absolute atomic E-state index is 13.6. The highest BCUT2D eigenvalue weighted by Gasteiger charge is 2.56. The van der Waals surface area contributed by atoms with Gasteiger partial charge in [0.25, 0.3) is 5.91 Å². The highest BCUT2D eigenvalue weighted by atomic mass is 35.5. The highest BCUT2D eigenvalue weighted by Crippen LogP contribution is 2.41. The third-order valence-electron chi connectivity index (χ3n) is 3.99. The van der Waals surface area contributed by atoms with Crippen molar-refractivity contribution in [1.29, 1.82) is 0 Å². The van der Waals surface area contributed by atoms with E-state index < -0.39 is 33.1 Å². The summed E-state index contributed by atoms with van der Waals surface area (Å²) in [5, 5.41) is 2.58. The van der Waals surface area contributed by atoms with Crippen molar-refractivity contribution >= 4 is 33.4 Å². The average Bonchev–Trinajstić information content (AvgIpc) is 2.68. The van der Waals surface area contributed by atoms with Crippen LogP contribution < -0.4 is 5.32 Å². The SMILES string of the molecule is C=C(Cl)CN1C(=O)N[C@@]2(CCS(=O)(=O)c3ccc(F)cc32)C1=O. The van der Waals surface area contributed by atoms with Crippen LogP contribution in [-0.2, 0) is 20.2 Å². The van der Waals surface area contributed by atoms with Crippen molar-refractivity contribution in [2.75, 3.05) is 12.3 Å². The predicted molar refractivity (Wildman–Crippen MR) is 80.0 cm³/mol. The van der Waals surface area contributed by atoms with E-state index in [-0.39, 0.29) is 34.2 Å². The average molecular weight is 359 g/mol. The number of rotatable bonds is 2. The van der Waals surface area contributed by atoms with Crippen LogP contribution in [0.25, 0.3) is 0 Å². The Morgan fingerprint density at radius 3 is 2.78 bits per heavy atom. The lowest BCUT2D eigenvalue weighted by molar-refractivity contribution is -0.131. The van der Waals surface area contributed by atoms with Gasteiger partial charge in [-0.3, -0.25) is 9.69 Å². The molecule has 1 aromatic rings. The zero-order chi connectivity index (χ0) is 17.0. The van der Waals surface area contributed by atoms with Gasteiger partial charge >= 0.3 is 6.03 Å². The van der Waals surface area contributed by atoms with Crippen molar-refractivity contribution in [2.24, 2.45) is 0 Å². The van der Waals surface area contributed by atoms with E-state index in [1.807, 2.05) is 0 Å². The van der Waals surface area contributed by atoms with Gasteiger partial charge in [-0.2, -0.15) is 0 Å². The van der Waals surface area contributed by atoms with E-state index in [1.54, 1.807) is 0 Å². The number of benzene rings is 1. The first-order valence-electron chi connectivity index (χ1n) is 6.67. The number of imide groups is 1. The van der Waals surface area contributed by atoms with Crippen LogP contribution in [0.15, 0.2) is 34.7 Å². The molecular weight excluding hydrogens is 347 g/mol. The number of hydrogen-bond donors (Lipinski definition) is 1. The molecule has 6 nitrogen and oxygen atoms in total. The maximum Gasteiger partial charge on any atom is 0.325 e. The number of nitrogens with zero attached hydrogens (tertiary/aromatic N) is 1. The summed E-state index contributed by atoms with van der Waals surface area (Å²) in [7, 11) is -3.64. The lowest BCUT2D eigenvalue weighted by Crippen LogP contribution is -2.49. The lowest BCUT2D eigenvalue weighted by Gasteiger charge is -2.33. The van der Waals surface area contributed by atoms with E-state index in [4.69, 9.17) is 11.6 Å². The van der Waals surface area contributed by atoms with Crippen molar-refractivity contribution in [3.8, 4) is 0 Å². The minimum absolute atomic E-state index is 0.0511. The summed E-state index contributed by atoms with van der Waals surface area (Å²) >= 11 is 5.66. The molecule has 0 saturated carbocycles. The van der Waals surface area contributed by atoms with Gasteiger partial charge < -0.3 is 5.32 Å². The van der Waals surface area contributed by atoms with Gasteiger partial charge in [0.2, 0.25) is 0 Å². The molecule has 0 unspecified atom stereocenters. The Morgan fingerprint density at radius 2 is 2.13 bits per heavy atom. The van der Waals surface area contributed by atoms with E-state index in [0.717, 1.165) is 23.1 Å². The lowest BCUT2D eigenvalue weighted by atomic mass is 9.86. The minimum atomic E-state index is -3.64.